The molecule has 0 fully saturated rings. The van der Waals surface area contributed by atoms with Crippen molar-refractivity contribution < 1.29 is 0 Å². The zero-order valence-corrected chi connectivity index (χ0v) is 13.9. The van der Waals surface area contributed by atoms with Crippen molar-refractivity contribution >= 4 is 44.2 Å². The van der Waals surface area contributed by atoms with Gasteiger partial charge in [-0.25, -0.2) is 4.98 Å². The summed E-state index contributed by atoms with van der Waals surface area (Å²) in [6, 6.07) is 15.0. The van der Waals surface area contributed by atoms with Gasteiger partial charge in [0.25, 0.3) is 0 Å². The van der Waals surface area contributed by atoms with Gasteiger partial charge >= 0.3 is 0 Å². The highest BCUT2D eigenvalue weighted by Crippen LogP contribution is 2.24. The van der Waals surface area contributed by atoms with Gasteiger partial charge in [-0.15, -0.1) is 0 Å². The summed E-state index contributed by atoms with van der Waals surface area (Å²) in [7, 11) is 0. The third-order valence-electron chi connectivity index (χ3n) is 3.26. The van der Waals surface area contributed by atoms with Gasteiger partial charge in [-0.1, -0.05) is 28.1 Å². The zero-order valence-electron chi connectivity index (χ0n) is 12.3. The molecule has 1 heterocycles. The Hall–Kier alpha value is -3.18. The molecule has 118 valence electrons. The molecular formula is C16H12BrN7. The number of hydrogen-bond donors (Lipinski definition) is 4. The van der Waals surface area contributed by atoms with Crippen LogP contribution in [0.4, 0.5) is 5.69 Å². The topological polar surface area (TPSA) is 127 Å². The van der Waals surface area contributed by atoms with Crippen LogP contribution in [0.25, 0.3) is 22.4 Å². The van der Waals surface area contributed by atoms with E-state index in [-0.39, 0.29) is 11.5 Å². The Bertz CT molecular complexity index is 980. The van der Waals surface area contributed by atoms with Crippen LogP contribution in [-0.4, -0.2) is 21.5 Å². The lowest BCUT2D eigenvalue weighted by Crippen LogP contribution is -2.21. The van der Waals surface area contributed by atoms with Crippen LogP contribution in [0.1, 0.15) is 0 Å². The van der Waals surface area contributed by atoms with Gasteiger partial charge < -0.3 is 10.7 Å². The van der Waals surface area contributed by atoms with Crippen LogP contribution in [0.15, 0.2) is 52.0 Å². The Kier molecular flexibility index (Phi) is 4.26. The smallest absolute Gasteiger partial charge is 0.201 e. The maximum atomic E-state index is 8.83. The highest BCUT2D eigenvalue weighted by molar-refractivity contribution is 9.10. The largest absolute Gasteiger partial charge is 0.382 e. The van der Waals surface area contributed by atoms with Crippen LogP contribution in [0, 0.1) is 16.7 Å². The molecule has 0 unspecified atom stereocenters. The van der Waals surface area contributed by atoms with Crippen LogP contribution in [0.3, 0.4) is 0 Å². The van der Waals surface area contributed by atoms with E-state index in [1.807, 2.05) is 36.4 Å². The monoisotopic (exact) mass is 381 g/mol. The Morgan fingerprint density at radius 1 is 1.29 bits per heavy atom. The molecule has 0 saturated heterocycles. The van der Waals surface area contributed by atoms with E-state index in [0.29, 0.717) is 5.69 Å². The molecule has 0 aliphatic carbocycles. The molecule has 0 atom stereocenters. The molecule has 0 amide bonds. The Balaban J connectivity index is 1.90. The van der Waals surface area contributed by atoms with E-state index < -0.39 is 0 Å². The number of anilines is 1. The van der Waals surface area contributed by atoms with Gasteiger partial charge in [-0.2, -0.15) is 10.4 Å². The number of nitrogens with zero attached hydrogens (tertiary/aromatic N) is 3. The number of fused-ring (bicyclic) bond motifs is 1. The molecule has 24 heavy (non-hydrogen) atoms. The quantitative estimate of drug-likeness (QED) is 0.314. The average Bonchev–Trinajstić information content (AvgIpc) is 2.99. The van der Waals surface area contributed by atoms with E-state index in [1.165, 1.54) is 0 Å². The summed E-state index contributed by atoms with van der Waals surface area (Å²) in [6.07, 6.45) is 0. The number of aromatic nitrogens is 2. The minimum atomic E-state index is -0.384. The molecule has 3 rings (SSSR count). The molecule has 0 aliphatic heterocycles. The van der Waals surface area contributed by atoms with Crippen LogP contribution in [0.5, 0.6) is 0 Å². The maximum absolute atomic E-state index is 8.83. The number of amidine groups is 1. The van der Waals surface area contributed by atoms with Crippen LogP contribution in [0.2, 0.25) is 0 Å². The highest BCUT2D eigenvalue weighted by atomic mass is 79.9. The van der Waals surface area contributed by atoms with Crippen LogP contribution in [-0.2, 0) is 0 Å². The number of H-pyrrole nitrogens is 1. The molecule has 7 nitrogen and oxygen atoms in total. The van der Waals surface area contributed by atoms with E-state index in [4.69, 9.17) is 16.4 Å². The number of nitrogens with one attached hydrogen (secondary N) is 3. The summed E-state index contributed by atoms with van der Waals surface area (Å²) >= 11 is 3.41. The lowest BCUT2D eigenvalue weighted by Gasteiger charge is -2.00. The number of benzene rings is 2. The Labute approximate surface area is 145 Å². The lowest BCUT2D eigenvalue weighted by molar-refractivity contribution is 1.33. The first kappa shape index (κ1) is 15.7. The molecule has 0 bridgehead atoms. The molecule has 1 aromatic heterocycles. The predicted octanol–water partition coefficient (Wildman–Crippen LogP) is 3.22. The summed E-state index contributed by atoms with van der Waals surface area (Å²) < 4.78 is 1.01. The summed E-state index contributed by atoms with van der Waals surface area (Å²) in [5, 5.41) is 19.9. The van der Waals surface area contributed by atoms with Gasteiger partial charge in [0, 0.05) is 10.0 Å². The van der Waals surface area contributed by atoms with Crippen molar-refractivity contribution in [3.8, 4) is 17.5 Å². The SMILES string of the molecule is N#C/C(=N\Nc1ccc2nc(-c3ccc(Br)cc3)[nH]c2c1)C(=N)N. The van der Waals surface area contributed by atoms with Crippen molar-refractivity contribution in [3.63, 3.8) is 0 Å². The molecule has 0 radical (unpaired) electrons. The second kappa shape index (κ2) is 6.52. The molecule has 0 saturated carbocycles. The molecule has 2 aromatic carbocycles. The van der Waals surface area contributed by atoms with Gasteiger partial charge in [0.2, 0.25) is 5.71 Å². The molecule has 5 N–H and O–H groups in total. The number of imidazole rings is 1. The fourth-order valence-corrected chi connectivity index (χ4v) is 2.35. The van der Waals surface area contributed by atoms with Crippen molar-refractivity contribution in [3.05, 3.63) is 46.9 Å². The van der Waals surface area contributed by atoms with Crippen LogP contribution < -0.4 is 11.2 Å². The maximum Gasteiger partial charge on any atom is 0.201 e. The van der Waals surface area contributed by atoms with Gasteiger partial charge in [-0.3, -0.25) is 10.8 Å². The normalized spacial score (nSPS) is 11.2. The fourth-order valence-electron chi connectivity index (χ4n) is 2.09. The van der Waals surface area contributed by atoms with E-state index >= 15 is 0 Å². The predicted molar refractivity (Wildman–Crippen MR) is 97.8 cm³/mol. The van der Waals surface area contributed by atoms with Gasteiger partial charge in [0.1, 0.15) is 11.9 Å². The number of nitrogens with two attached hydrogens (primary N) is 1. The number of hydrogen-bond acceptors (Lipinski definition) is 5. The van der Waals surface area contributed by atoms with Crippen molar-refractivity contribution in [2.24, 2.45) is 10.8 Å². The molecule has 0 spiro atoms. The van der Waals surface area contributed by atoms with E-state index in [9.17, 15) is 0 Å². The lowest BCUT2D eigenvalue weighted by atomic mass is 10.2. The summed E-state index contributed by atoms with van der Waals surface area (Å²) in [6.45, 7) is 0. The Morgan fingerprint density at radius 2 is 2.04 bits per heavy atom. The second-order valence-corrected chi connectivity index (χ2v) is 5.84. The first-order chi connectivity index (χ1) is 11.6. The average molecular weight is 382 g/mol. The van der Waals surface area contributed by atoms with E-state index in [2.05, 4.69) is 36.4 Å². The minimum Gasteiger partial charge on any atom is -0.382 e. The number of hydrazone groups is 1. The van der Waals surface area contributed by atoms with Gasteiger partial charge in [0.15, 0.2) is 5.84 Å². The molecule has 0 aliphatic rings. The minimum absolute atomic E-state index is 0.171. The van der Waals surface area contributed by atoms with Gasteiger partial charge in [-0.05, 0) is 30.3 Å². The van der Waals surface area contributed by atoms with Crippen molar-refractivity contribution in [2.45, 2.75) is 0 Å². The zero-order chi connectivity index (χ0) is 17.1. The number of rotatable bonds is 4. The summed E-state index contributed by atoms with van der Waals surface area (Å²) in [5.74, 6) is 0.379. The Morgan fingerprint density at radius 3 is 2.71 bits per heavy atom. The second-order valence-electron chi connectivity index (χ2n) is 4.92. The number of aromatic amines is 1. The fraction of sp³-hybridized carbons (Fsp3) is 0. The first-order valence-electron chi connectivity index (χ1n) is 6.91. The first-order valence-corrected chi connectivity index (χ1v) is 7.70. The third kappa shape index (κ3) is 3.26. The number of halogens is 1. The third-order valence-corrected chi connectivity index (χ3v) is 3.79. The van der Waals surface area contributed by atoms with Crippen molar-refractivity contribution in [2.75, 3.05) is 5.43 Å². The standard InChI is InChI=1S/C16H12BrN7/c17-10-3-1-9(2-4-10)16-21-12-6-5-11(7-13(12)22-16)23-24-14(8-18)15(19)20/h1-7,23H,(H3,19,20)(H,21,22)/b24-14+. The highest BCUT2D eigenvalue weighted by Gasteiger charge is 2.06. The summed E-state index contributed by atoms with van der Waals surface area (Å²) in [5.41, 5.74) is 11.1. The van der Waals surface area contributed by atoms with Crippen LogP contribution >= 0.6 is 15.9 Å². The molecular weight excluding hydrogens is 370 g/mol. The summed E-state index contributed by atoms with van der Waals surface area (Å²) in [4.78, 5) is 7.80. The van der Waals surface area contributed by atoms with Crippen molar-refractivity contribution in [1.82, 2.24) is 9.97 Å². The molecule has 8 heteroatoms. The van der Waals surface area contributed by atoms with E-state index in [0.717, 1.165) is 26.9 Å². The number of nitriles is 1. The van der Waals surface area contributed by atoms with Gasteiger partial charge in [0.05, 0.1) is 16.7 Å². The molecule has 3 aromatic rings. The van der Waals surface area contributed by atoms with Crippen molar-refractivity contribution in [1.29, 1.82) is 10.7 Å². The van der Waals surface area contributed by atoms with E-state index in [1.54, 1.807) is 12.1 Å².